The van der Waals surface area contributed by atoms with Gasteiger partial charge in [0, 0.05) is 30.5 Å². The number of aryl methyl sites for hydroxylation is 1. The van der Waals surface area contributed by atoms with E-state index >= 15 is 0 Å². The summed E-state index contributed by atoms with van der Waals surface area (Å²) in [4.78, 5) is 1.54. The molecule has 2 heterocycles. The van der Waals surface area contributed by atoms with Gasteiger partial charge in [-0.15, -0.1) is 10.2 Å². The number of rotatable bonds is 5. The molecule has 6 heteroatoms. The molecule has 6 nitrogen and oxygen atoms in total. The Kier molecular flexibility index (Phi) is 3.78. The maximum Gasteiger partial charge on any atom is 0.175 e. The molecule has 2 aliphatic rings. The molecule has 0 aromatic carbocycles. The molecule has 1 aliphatic carbocycles. The molecule has 3 rings (SSSR count). The number of hydrogen-bond donors (Lipinski definition) is 1. The van der Waals surface area contributed by atoms with Crippen molar-refractivity contribution in [2.24, 2.45) is 18.4 Å². The number of nitrogens with zero attached hydrogens (tertiary/aromatic N) is 4. The average Bonchev–Trinajstić information content (AvgIpc) is 3.03. The van der Waals surface area contributed by atoms with Crippen LogP contribution in [0.5, 0.6) is 0 Å². The van der Waals surface area contributed by atoms with Crippen molar-refractivity contribution < 1.29 is 4.74 Å². The molecular formula is C15H27N5O. The zero-order valence-electron chi connectivity index (χ0n) is 13.6. The minimum atomic E-state index is 0.109. The van der Waals surface area contributed by atoms with Crippen molar-refractivity contribution in [3.05, 3.63) is 5.82 Å². The molecule has 2 fully saturated rings. The zero-order valence-corrected chi connectivity index (χ0v) is 13.6. The number of aromatic nitrogens is 4. The van der Waals surface area contributed by atoms with Crippen LogP contribution >= 0.6 is 0 Å². The van der Waals surface area contributed by atoms with Gasteiger partial charge in [0.25, 0.3) is 0 Å². The van der Waals surface area contributed by atoms with Crippen LogP contribution in [0.4, 0.5) is 0 Å². The van der Waals surface area contributed by atoms with Crippen LogP contribution in [0, 0.1) is 11.3 Å². The van der Waals surface area contributed by atoms with Gasteiger partial charge < -0.3 is 10.1 Å². The highest BCUT2D eigenvalue weighted by molar-refractivity contribution is 5.05. The predicted octanol–water partition coefficient (Wildman–Crippen LogP) is 1.33. The Morgan fingerprint density at radius 2 is 2.14 bits per heavy atom. The lowest BCUT2D eigenvalue weighted by Gasteiger charge is -2.36. The van der Waals surface area contributed by atoms with Gasteiger partial charge in [-0.2, -0.15) is 4.80 Å². The monoisotopic (exact) mass is 293 g/mol. The van der Waals surface area contributed by atoms with E-state index in [4.69, 9.17) is 4.74 Å². The maximum atomic E-state index is 6.11. The van der Waals surface area contributed by atoms with E-state index < -0.39 is 0 Å². The fraction of sp³-hybridized carbons (Fsp3) is 0.933. The summed E-state index contributed by atoms with van der Waals surface area (Å²) in [5, 5.41) is 16.3. The van der Waals surface area contributed by atoms with Gasteiger partial charge in [0.05, 0.1) is 13.2 Å². The SMILES string of the molecule is Cn1nnc(CC2(CNC(C)(C)C)CCOC2C2CC2)n1. The normalized spacial score (nSPS) is 30.0. The molecule has 0 amide bonds. The van der Waals surface area contributed by atoms with Gasteiger partial charge >= 0.3 is 0 Å². The van der Waals surface area contributed by atoms with E-state index in [1.165, 1.54) is 12.8 Å². The highest BCUT2D eigenvalue weighted by atomic mass is 16.5. The molecule has 1 aromatic rings. The minimum Gasteiger partial charge on any atom is -0.377 e. The van der Waals surface area contributed by atoms with Crippen molar-refractivity contribution in [2.45, 2.75) is 58.1 Å². The van der Waals surface area contributed by atoms with Crippen LogP contribution in [-0.2, 0) is 18.2 Å². The van der Waals surface area contributed by atoms with Gasteiger partial charge in [-0.05, 0) is 51.2 Å². The summed E-state index contributed by atoms with van der Waals surface area (Å²) in [6.07, 6.45) is 4.88. The predicted molar refractivity (Wildman–Crippen MR) is 79.8 cm³/mol. The first kappa shape index (κ1) is 14.9. The highest BCUT2D eigenvalue weighted by Gasteiger charge is 2.51. The van der Waals surface area contributed by atoms with Crippen LogP contribution < -0.4 is 5.32 Å². The summed E-state index contributed by atoms with van der Waals surface area (Å²) in [5.74, 6) is 1.57. The van der Waals surface area contributed by atoms with E-state index in [9.17, 15) is 0 Å². The Hall–Kier alpha value is -1.01. The van der Waals surface area contributed by atoms with Crippen molar-refractivity contribution in [3.8, 4) is 0 Å². The van der Waals surface area contributed by atoms with Crippen LogP contribution in [0.3, 0.4) is 0 Å². The molecule has 0 radical (unpaired) electrons. The average molecular weight is 293 g/mol. The third-order valence-electron chi connectivity index (χ3n) is 4.58. The lowest BCUT2D eigenvalue weighted by molar-refractivity contribution is 0.0271. The second kappa shape index (κ2) is 5.32. The van der Waals surface area contributed by atoms with E-state index in [1.807, 2.05) is 7.05 Å². The Bertz CT molecular complexity index is 490. The van der Waals surface area contributed by atoms with Crippen LogP contribution in [0.15, 0.2) is 0 Å². The first-order valence-electron chi connectivity index (χ1n) is 7.98. The van der Waals surface area contributed by atoms with E-state index in [-0.39, 0.29) is 11.0 Å². The van der Waals surface area contributed by atoms with E-state index in [1.54, 1.807) is 4.80 Å². The van der Waals surface area contributed by atoms with Crippen molar-refractivity contribution in [1.82, 2.24) is 25.5 Å². The first-order chi connectivity index (χ1) is 9.88. The molecule has 118 valence electrons. The van der Waals surface area contributed by atoms with Gasteiger partial charge in [-0.3, -0.25) is 0 Å². The van der Waals surface area contributed by atoms with Gasteiger partial charge in [0.1, 0.15) is 0 Å². The molecule has 1 saturated heterocycles. The van der Waals surface area contributed by atoms with Gasteiger partial charge in [-0.25, -0.2) is 0 Å². The number of nitrogens with one attached hydrogen (secondary N) is 1. The lowest BCUT2D eigenvalue weighted by Crippen LogP contribution is -2.49. The molecule has 1 aliphatic heterocycles. The number of ether oxygens (including phenoxy) is 1. The Morgan fingerprint density at radius 3 is 2.71 bits per heavy atom. The maximum absolute atomic E-state index is 6.11. The van der Waals surface area contributed by atoms with Crippen molar-refractivity contribution >= 4 is 0 Å². The minimum absolute atomic E-state index is 0.109. The van der Waals surface area contributed by atoms with Crippen LogP contribution in [0.1, 0.15) is 45.9 Å². The van der Waals surface area contributed by atoms with Crippen molar-refractivity contribution in [1.29, 1.82) is 0 Å². The third kappa shape index (κ3) is 3.43. The second-order valence-electron chi connectivity index (χ2n) is 7.72. The molecule has 1 N–H and O–H groups in total. The molecular weight excluding hydrogens is 266 g/mol. The summed E-state index contributed by atoms with van der Waals surface area (Å²) in [6.45, 7) is 8.44. The summed E-state index contributed by atoms with van der Waals surface area (Å²) >= 11 is 0. The van der Waals surface area contributed by atoms with Crippen LogP contribution in [-0.4, -0.2) is 45.0 Å². The molecule has 2 unspecified atom stereocenters. The van der Waals surface area contributed by atoms with E-state index in [0.717, 1.165) is 37.7 Å². The molecule has 2 atom stereocenters. The first-order valence-corrected chi connectivity index (χ1v) is 7.98. The molecule has 21 heavy (non-hydrogen) atoms. The molecule has 1 saturated carbocycles. The molecule has 1 aromatic heterocycles. The molecule has 0 bridgehead atoms. The second-order valence-corrected chi connectivity index (χ2v) is 7.72. The fourth-order valence-corrected chi connectivity index (χ4v) is 3.33. The molecule has 0 spiro atoms. The summed E-state index contributed by atoms with van der Waals surface area (Å²) in [7, 11) is 1.82. The largest absolute Gasteiger partial charge is 0.377 e. The summed E-state index contributed by atoms with van der Waals surface area (Å²) < 4.78 is 6.11. The van der Waals surface area contributed by atoms with Crippen LogP contribution in [0.2, 0.25) is 0 Å². The van der Waals surface area contributed by atoms with Crippen molar-refractivity contribution in [2.75, 3.05) is 13.2 Å². The zero-order chi connectivity index (χ0) is 15.1. The summed E-state index contributed by atoms with van der Waals surface area (Å²) in [5.41, 5.74) is 0.219. The summed E-state index contributed by atoms with van der Waals surface area (Å²) in [6, 6.07) is 0. The topological polar surface area (TPSA) is 64.9 Å². The highest BCUT2D eigenvalue weighted by Crippen LogP contribution is 2.49. The van der Waals surface area contributed by atoms with Gasteiger partial charge in [0.15, 0.2) is 5.82 Å². The smallest absolute Gasteiger partial charge is 0.175 e. The quantitative estimate of drug-likeness (QED) is 0.887. The standard InChI is InChI=1S/C15H27N5O/c1-14(2,3)16-10-15(9-12-17-19-20(4)18-12)7-8-21-13(15)11-5-6-11/h11,13,16H,5-10H2,1-4H3. The van der Waals surface area contributed by atoms with Crippen molar-refractivity contribution in [3.63, 3.8) is 0 Å². The third-order valence-corrected chi connectivity index (χ3v) is 4.58. The Labute approximate surface area is 126 Å². The van der Waals surface area contributed by atoms with E-state index in [0.29, 0.717) is 6.10 Å². The van der Waals surface area contributed by atoms with E-state index in [2.05, 4.69) is 41.5 Å². The van der Waals surface area contributed by atoms with Crippen LogP contribution in [0.25, 0.3) is 0 Å². The van der Waals surface area contributed by atoms with Gasteiger partial charge in [-0.1, -0.05) is 0 Å². The Balaban J connectivity index is 1.79. The Morgan fingerprint density at radius 1 is 1.38 bits per heavy atom. The number of hydrogen-bond acceptors (Lipinski definition) is 5. The lowest BCUT2D eigenvalue weighted by atomic mass is 9.75. The number of tetrazole rings is 1. The fourth-order valence-electron chi connectivity index (χ4n) is 3.33. The van der Waals surface area contributed by atoms with Gasteiger partial charge in [0.2, 0.25) is 0 Å².